The zero-order chi connectivity index (χ0) is 35.9. The molecule has 6 atom stereocenters. The molecule has 0 radical (unpaired) electrons. The van der Waals surface area contributed by atoms with Crippen LogP contribution in [0.3, 0.4) is 0 Å². The van der Waals surface area contributed by atoms with Crippen molar-refractivity contribution in [3.05, 3.63) is 54.5 Å². The van der Waals surface area contributed by atoms with Gasteiger partial charge in [-0.05, 0) is 56.9 Å². The lowest BCUT2D eigenvalue weighted by Gasteiger charge is -2.32. The predicted octanol–water partition coefficient (Wildman–Crippen LogP) is 3.94. The van der Waals surface area contributed by atoms with E-state index in [2.05, 4.69) is 15.2 Å². The number of nitrogens with two attached hydrogens (primary N) is 1. The van der Waals surface area contributed by atoms with Gasteiger partial charge in [0.2, 0.25) is 0 Å². The average molecular weight is 718 g/mol. The van der Waals surface area contributed by atoms with Crippen molar-refractivity contribution >= 4 is 37.0 Å². The van der Waals surface area contributed by atoms with E-state index >= 15 is 0 Å². The number of nitrogens with zero attached hydrogens (tertiary/aromatic N) is 3. The Morgan fingerprint density at radius 2 is 1.78 bits per heavy atom. The Bertz CT molecular complexity index is 1680. The van der Waals surface area contributed by atoms with E-state index in [0.717, 1.165) is 12.8 Å². The number of esters is 3. The highest BCUT2D eigenvalue weighted by molar-refractivity contribution is 7.52. The monoisotopic (exact) mass is 717 g/mol. The second kappa shape index (κ2) is 16.3. The third-order valence-electron chi connectivity index (χ3n) is 8.50. The number of ether oxygens (including phenoxy) is 5. The number of benzene rings is 1. The van der Waals surface area contributed by atoms with E-state index < -0.39 is 62.2 Å². The van der Waals surface area contributed by atoms with Crippen LogP contribution in [0.15, 0.2) is 48.8 Å². The molecule has 2 aliphatic rings. The molecule has 4 heterocycles. The Kier molecular flexibility index (Phi) is 12.1. The maximum absolute atomic E-state index is 14.5. The third kappa shape index (κ3) is 8.79. The number of aromatic nitrogens is 3. The summed E-state index contributed by atoms with van der Waals surface area (Å²) in [6, 6.07) is 10.5. The topological polar surface area (TPSA) is 201 Å². The van der Waals surface area contributed by atoms with Gasteiger partial charge in [-0.3, -0.25) is 18.9 Å². The Morgan fingerprint density at radius 3 is 2.48 bits per heavy atom. The van der Waals surface area contributed by atoms with Crippen LogP contribution in [0.25, 0.3) is 5.52 Å². The first-order chi connectivity index (χ1) is 23.9. The zero-order valence-electron chi connectivity index (χ0n) is 28.5. The number of hydrogen-bond acceptors (Lipinski definition) is 14. The summed E-state index contributed by atoms with van der Waals surface area (Å²) in [6.45, 7) is 7.18. The molecule has 1 aromatic carbocycles. The van der Waals surface area contributed by atoms with Crippen LogP contribution < -0.4 is 15.3 Å². The molecule has 0 bridgehead atoms. The Balaban J connectivity index is 1.43. The summed E-state index contributed by atoms with van der Waals surface area (Å²) in [7, 11) is -4.39. The van der Waals surface area contributed by atoms with Crippen molar-refractivity contribution in [3.8, 4) is 5.75 Å². The van der Waals surface area contributed by atoms with Crippen LogP contribution in [-0.2, 0) is 47.2 Å². The standard InChI is InChI=1S/C33H44N5O11P/c1-5-26(39)46-29-28(24-12-13-25-31(34)35-20-36-38(24)25)48-33(4,30(29)47-27(40)6-2)19-45-50(42,49-23-10-8-7-9-11-23)37-21(3)32(41)44-18-22-14-16-43-17-15-22/h7-13,20-22,28-30H,5-6,14-19H2,1-4H3,(H,37,42)(H2,34,35,36)/t21-,28-,29-,30-,33+,50?/m0/s1. The highest BCUT2D eigenvalue weighted by atomic mass is 31.2. The lowest BCUT2D eigenvalue weighted by molar-refractivity contribution is -0.171. The highest BCUT2D eigenvalue weighted by Gasteiger charge is 2.59. The fourth-order valence-electron chi connectivity index (χ4n) is 5.69. The number of nitrogen functional groups attached to an aromatic ring is 1. The van der Waals surface area contributed by atoms with Crippen molar-refractivity contribution in [1.82, 2.24) is 19.7 Å². The van der Waals surface area contributed by atoms with Gasteiger partial charge < -0.3 is 33.9 Å². The molecule has 2 saturated heterocycles. The number of rotatable bonds is 15. The van der Waals surface area contributed by atoms with Crippen molar-refractivity contribution in [2.45, 2.75) is 83.3 Å². The van der Waals surface area contributed by atoms with E-state index in [1.807, 2.05) is 0 Å². The fourth-order valence-corrected chi connectivity index (χ4v) is 7.28. The molecule has 272 valence electrons. The molecule has 3 aromatic rings. The maximum atomic E-state index is 14.5. The molecule has 0 saturated carbocycles. The maximum Gasteiger partial charge on any atom is 0.459 e. The number of carbonyl (C=O) groups excluding carboxylic acids is 3. The molecule has 0 aliphatic carbocycles. The summed E-state index contributed by atoms with van der Waals surface area (Å²) in [5, 5.41) is 6.99. The van der Waals surface area contributed by atoms with Gasteiger partial charge in [0.25, 0.3) is 0 Å². The molecule has 2 fully saturated rings. The van der Waals surface area contributed by atoms with Gasteiger partial charge in [0.1, 0.15) is 35.3 Å². The first-order valence-electron chi connectivity index (χ1n) is 16.6. The molecular formula is C33H44N5O11P. The molecule has 3 N–H and O–H groups in total. The molecule has 50 heavy (non-hydrogen) atoms. The molecule has 0 amide bonds. The van der Waals surface area contributed by atoms with Crippen LogP contribution in [0.5, 0.6) is 5.75 Å². The second-order valence-electron chi connectivity index (χ2n) is 12.3. The number of fused-ring (bicyclic) bond motifs is 1. The minimum absolute atomic E-state index is 0.00897. The van der Waals surface area contributed by atoms with E-state index in [4.69, 9.17) is 38.5 Å². The van der Waals surface area contributed by atoms with Gasteiger partial charge in [-0.15, -0.1) is 0 Å². The molecule has 2 aliphatic heterocycles. The van der Waals surface area contributed by atoms with E-state index in [9.17, 15) is 18.9 Å². The minimum atomic E-state index is -4.39. The number of para-hydroxylation sites is 1. The van der Waals surface area contributed by atoms with E-state index in [0.29, 0.717) is 24.4 Å². The highest BCUT2D eigenvalue weighted by Crippen LogP contribution is 2.50. The van der Waals surface area contributed by atoms with Crippen molar-refractivity contribution in [2.24, 2.45) is 5.92 Å². The predicted molar refractivity (Wildman–Crippen MR) is 178 cm³/mol. The first-order valence-corrected chi connectivity index (χ1v) is 18.2. The minimum Gasteiger partial charge on any atom is -0.464 e. The molecule has 5 rings (SSSR count). The van der Waals surface area contributed by atoms with E-state index in [1.54, 1.807) is 63.2 Å². The summed E-state index contributed by atoms with van der Waals surface area (Å²) in [5.74, 6) is -1.26. The van der Waals surface area contributed by atoms with Gasteiger partial charge in [0, 0.05) is 26.1 Å². The average Bonchev–Trinajstić information content (AvgIpc) is 3.66. The Labute approximate surface area is 289 Å². The van der Waals surface area contributed by atoms with E-state index in [1.165, 1.54) is 17.8 Å². The molecule has 1 unspecified atom stereocenters. The first kappa shape index (κ1) is 37.2. The van der Waals surface area contributed by atoms with Crippen LogP contribution in [0.4, 0.5) is 5.82 Å². The lowest BCUT2D eigenvalue weighted by atomic mass is 9.96. The van der Waals surface area contributed by atoms with Crippen LogP contribution in [0, 0.1) is 5.92 Å². The van der Waals surface area contributed by atoms with Crippen molar-refractivity contribution < 1.29 is 51.7 Å². The van der Waals surface area contributed by atoms with Gasteiger partial charge >= 0.3 is 25.7 Å². The number of nitrogens with one attached hydrogen (secondary N) is 1. The van der Waals surface area contributed by atoms with Crippen LogP contribution >= 0.6 is 7.75 Å². The normalized spacial score (nSPS) is 24.3. The van der Waals surface area contributed by atoms with Gasteiger partial charge in [0.05, 0.1) is 18.9 Å². The van der Waals surface area contributed by atoms with Gasteiger partial charge in [-0.25, -0.2) is 14.1 Å². The largest absolute Gasteiger partial charge is 0.464 e. The fraction of sp³-hybridized carbons (Fsp3) is 0.545. The number of hydrogen-bond donors (Lipinski definition) is 2. The summed E-state index contributed by atoms with van der Waals surface area (Å²) in [5.41, 5.74) is 5.38. The number of carbonyl (C=O) groups is 3. The van der Waals surface area contributed by atoms with Gasteiger partial charge in [-0.2, -0.15) is 10.2 Å². The molecule has 17 heteroatoms. The van der Waals surface area contributed by atoms with E-state index in [-0.39, 0.29) is 36.9 Å². The molecule has 0 spiro atoms. The molecule has 2 aromatic heterocycles. The van der Waals surface area contributed by atoms with Gasteiger partial charge in [0.15, 0.2) is 18.0 Å². The van der Waals surface area contributed by atoms with Crippen LogP contribution in [0.2, 0.25) is 0 Å². The smallest absolute Gasteiger partial charge is 0.459 e. The Hall–Kier alpha value is -4.08. The second-order valence-corrected chi connectivity index (χ2v) is 14.0. The molecular weight excluding hydrogens is 673 g/mol. The summed E-state index contributed by atoms with van der Waals surface area (Å²) in [4.78, 5) is 42.6. The van der Waals surface area contributed by atoms with Gasteiger partial charge in [-0.1, -0.05) is 32.0 Å². The van der Waals surface area contributed by atoms with Crippen molar-refractivity contribution in [2.75, 3.05) is 32.2 Å². The summed E-state index contributed by atoms with van der Waals surface area (Å²) >= 11 is 0. The zero-order valence-corrected chi connectivity index (χ0v) is 29.4. The quantitative estimate of drug-likeness (QED) is 0.130. The summed E-state index contributed by atoms with van der Waals surface area (Å²) in [6.07, 6.45) is -0.628. The van der Waals surface area contributed by atoms with Crippen LogP contribution in [-0.4, -0.2) is 82.8 Å². The van der Waals surface area contributed by atoms with Crippen LogP contribution in [0.1, 0.15) is 65.2 Å². The lowest BCUT2D eigenvalue weighted by Crippen LogP contribution is -2.48. The van der Waals surface area contributed by atoms with Crippen molar-refractivity contribution in [3.63, 3.8) is 0 Å². The number of anilines is 1. The van der Waals surface area contributed by atoms with Crippen molar-refractivity contribution in [1.29, 1.82) is 0 Å². The SMILES string of the molecule is CCC(=O)O[C@H]1[C@H](c2ccc3c(N)ncnn23)O[C@](C)(COP(=O)(N[C@@H](C)C(=O)OCC2CCOCC2)Oc2ccccc2)[C@H]1OC(=O)CC. The third-order valence-corrected chi connectivity index (χ3v) is 10.1. The summed E-state index contributed by atoms with van der Waals surface area (Å²) < 4.78 is 57.0. The Morgan fingerprint density at radius 1 is 1.08 bits per heavy atom. The molecule has 16 nitrogen and oxygen atoms in total.